The Bertz CT molecular complexity index is 750. The van der Waals surface area contributed by atoms with Crippen molar-refractivity contribution in [1.29, 1.82) is 0 Å². The van der Waals surface area contributed by atoms with E-state index >= 15 is 0 Å². The molecule has 4 N–H and O–H groups in total. The van der Waals surface area contributed by atoms with Crippen LogP contribution in [0.3, 0.4) is 0 Å². The summed E-state index contributed by atoms with van der Waals surface area (Å²) in [5.41, 5.74) is 6.43. The van der Waals surface area contributed by atoms with Crippen molar-refractivity contribution in [1.82, 2.24) is 15.4 Å². The summed E-state index contributed by atoms with van der Waals surface area (Å²) >= 11 is 0. The highest BCUT2D eigenvalue weighted by atomic mass is 16.5. The molecule has 8 heteroatoms. The molecule has 0 fully saturated rings. The van der Waals surface area contributed by atoms with Gasteiger partial charge in [0.2, 0.25) is 5.88 Å². The van der Waals surface area contributed by atoms with E-state index in [1.807, 2.05) is 18.2 Å². The number of aromatic nitrogens is 1. The smallest absolute Gasteiger partial charge is 0.407 e. The Labute approximate surface area is 145 Å². The maximum Gasteiger partial charge on any atom is 0.407 e. The molecule has 0 aliphatic heterocycles. The Balaban J connectivity index is 2.09. The van der Waals surface area contributed by atoms with E-state index in [1.54, 1.807) is 32.9 Å². The van der Waals surface area contributed by atoms with Crippen molar-refractivity contribution in [3.8, 4) is 11.1 Å². The van der Waals surface area contributed by atoms with Crippen molar-refractivity contribution in [3.05, 3.63) is 36.0 Å². The lowest BCUT2D eigenvalue weighted by atomic mass is 10.1. The van der Waals surface area contributed by atoms with Crippen LogP contribution < -0.4 is 11.1 Å². The van der Waals surface area contributed by atoms with Gasteiger partial charge in [-0.25, -0.2) is 4.79 Å². The third-order valence-corrected chi connectivity index (χ3v) is 3.66. The average molecular weight is 346 g/mol. The number of nitrogens with zero attached hydrogens (tertiary/aromatic N) is 2. The lowest BCUT2D eigenvalue weighted by Crippen LogP contribution is -2.48. The molecule has 0 unspecified atom stereocenters. The van der Waals surface area contributed by atoms with E-state index in [9.17, 15) is 14.7 Å². The Morgan fingerprint density at radius 3 is 2.48 bits per heavy atom. The van der Waals surface area contributed by atoms with Gasteiger partial charge in [0.1, 0.15) is 0 Å². The number of anilines is 1. The summed E-state index contributed by atoms with van der Waals surface area (Å²) in [4.78, 5) is 25.0. The van der Waals surface area contributed by atoms with Crippen LogP contribution in [-0.2, 0) is 0 Å². The summed E-state index contributed by atoms with van der Waals surface area (Å²) < 4.78 is 4.95. The van der Waals surface area contributed by atoms with Crippen LogP contribution in [0.25, 0.3) is 11.1 Å². The normalized spacial score (nSPS) is 11.2. The van der Waals surface area contributed by atoms with Crippen LogP contribution in [0.2, 0.25) is 0 Å². The third-order valence-electron chi connectivity index (χ3n) is 3.66. The van der Waals surface area contributed by atoms with Crippen LogP contribution in [0.4, 0.5) is 10.7 Å². The predicted molar refractivity (Wildman–Crippen MR) is 93.2 cm³/mol. The highest BCUT2D eigenvalue weighted by molar-refractivity contribution is 6.01. The molecule has 2 amide bonds. The van der Waals surface area contributed by atoms with Crippen molar-refractivity contribution in [2.24, 2.45) is 0 Å². The standard InChI is InChI=1S/C17H22N4O4/c1-17(2,3)21(16(23)24)10-9-19-15(22)13-12(14(18)25-20-13)11-7-5-4-6-8-11/h4-8H,9-10,18H2,1-3H3,(H,19,22)(H,23,24). The quantitative estimate of drug-likeness (QED) is 0.764. The topological polar surface area (TPSA) is 122 Å². The lowest BCUT2D eigenvalue weighted by Gasteiger charge is -2.33. The highest BCUT2D eigenvalue weighted by Crippen LogP contribution is 2.29. The molecule has 8 nitrogen and oxygen atoms in total. The van der Waals surface area contributed by atoms with Crippen molar-refractivity contribution in [3.63, 3.8) is 0 Å². The van der Waals surface area contributed by atoms with Gasteiger partial charge in [-0.1, -0.05) is 35.5 Å². The first-order valence-corrected chi connectivity index (χ1v) is 7.81. The third kappa shape index (κ3) is 4.28. The number of amides is 2. The molecule has 1 heterocycles. The second kappa shape index (κ2) is 7.25. The predicted octanol–water partition coefficient (Wildman–Crippen LogP) is 2.43. The molecule has 2 aromatic rings. The Morgan fingerprint density at radius 1 is 1.28 bits per heavy atom. The second-order valence-electron chi connectivity index (χ2n) is 6.50. The molecule has 1 aromatic carbocycles. The average Bonchev–Trinajstić information content (AvgIpc) is 2.92. The van der Waals surface area contributed by atoms with Gasteiger partial charge in [-0.3, -0.25) is 4.79 Å². The maximum atomic E-state index is 12.4. The van der Waals surface area contributed by atoms with Gasteiger partial charge >= 0.3 is 6.09 Å². The van der Waals surface area contributed by atoms with E-state index in [0.29, 0.717) is 11.1 Å². The minimum atomic E-state index is -1.04. The summed E-state index contributed by atoms with van der Waals surface area (Å²) in [7, 11) is 0. The lowest BCUT2D eigenvalue weighted by molar-refractivity contribution is 0.0886. The van der Waals surface area contributed by atoms with E-state index < -0.39 is 17.5 Å². The SMILES string of the molecule is CC(C)(C)N(CCNC(=O)c1noc(N)c1-c1ccccc1)C(=O)O. The van der Waals surface area contributed by atoms with Crippen molar-refractivity contribution >= 4 is 17.9 Å². The summed E-state index contributed by atoms with van der Waals surface area (Å²) in [5, 5.41) is 15.6. The van der Waals surface area contributed by atoms with E-state index in [-0.39, 0.29) is 24.7 Å². The van der Waals surface area contributed by atoms with E-state index in [1.165, 1.54) is 4.90 Å². The van der Waals surface area contributed by atoms with Gasteiger partial charge < -0.3 is 25.6 Å². The fraction of sp³-hybridized carbons (Fsp3) is 0.353. The van der Waals surface area contributed by atoms with Crippen LogP contribution in [-0.4, -0.2) is 45.8 Å². The van der Waals surface area contributed by atoms with Gasteiger partial charge in [0.25, 0.3) is 5.91 Å². The molecule has 0 atom stereocenters. The van der Waals surface area contributed by atoms with Crippen LogP contribution in [0.1, 0.15) is 31.3 Å². The zero-order valence-electron chi connectivity index (χ0n) is 14.4. The minimum Gasteiger partial charge on any atom is -0.465 e. The van der Waals surface area contributed by atoms with Crippen molar-refractivity contribution in [2.45, 2.75) is 26.3 Å². The zero-order valence-corrected chi connectivity index (χ0v) is 14.4. The molecule has 0 spiro atoms. The number of nitrogens with one attached hydrogen (secondary N) is 1. The number of carbonyl (C=O) groups is 2. The number of hydrogen-bond acceptors (Lipinski definition) is 5. The fourth-order valence-corrected chi connectivity index (χ4v) is 2.42. The molecule has 0 saturated carbocycles. The molecular weight excluding hydrogens is 324 g/mol. The largest absolute Gasteiger partial charge is 0.465 e. The number of nitrogens with two attached hydrogens (primary N) is 1. The summed E-state index contributed by atoms with van der Waals surface area (Å²) in [5.74, 6) is -0.420. The number of benzene rings is 1. The first-order valence-electron chi connectivity index (χ1n) is 7.81. The highest BCUT2D eigenvalue weighted by Gasteiger charge is 2.26. The molecule has 0 bridgehead atoms. The monoisotopic (exact) mass is 346 g/mol. The van der Waals surface area contributed by atoms with Crippen LogP contribution >= 0.6 is 0 Å². The maximum absolute atomic E-state index is 12.4. The minimum absolute atomic E-state index is 0.0539. The first-order chi connectivity index (χ1) is 11.7. The van der Waals surface area contributed by atoms with Gasteiger partial charge in [-0.2, -0.15) is 0 Å². The number of rotatable bonds is 5. The zero-order chi connectivity index (χ0) is 18.6. The molecule has 1 aromatic heterocycles. The summed E-state index contributed by atoms with van der Waals surface area (Å²) in [6.45, 7) is 5.65. The van der Waals surface area contributed by atoms with Gasteiger partial charge in [-0.15, -0.1) is 0 Å². The molecular formula is C17H22N4O4. The molecule has 0 aliphatic carbocycles. The van der Waals surface area contributed by atoms with E-state index in [0.717, 1.165) is 0 Å². The number of nitrogen functional groups attached to an aromatic ring is 1. The molecule has 0 radical (unpaired) electrons. The summed E-state index contributed by atoms with van der Waals surface area (Å²) in [6, 6.07) is 9.08. The molecule has 25 heavy (non-hydrogen) atoms. The first kappa shape index (κ1) is 18.3. The number of hydrogen-bond donors (Lipinski definition) is 3. The molecule has 0 aliphatic rings. The summed E-state index contributed by atoms with van der Waals surface area (Å²) in [6.07, 6.45) is -1.04. The van der Waals surface area contributed by atoms with E-state index in [4.69, 9.17) is 10.3 Å². The molecule has 0 saturated heterocycles. The van der Waals surface area contributed by atoms with Gasteiger partial charge in [0.15, 0.2) is 5.69 Å². The number of carboxylic acid groups (broad SMARTS) is 1. The Morgan fingerprint density at radius 2 is 1.92 bits per heavy atom. The van der Waals surface area contributed by atoms with E-state index in [2.05, 4.69) is 10.5 Å². The van der Waals surface area contributed by atoms with Crippen LogP contribution in [0.15, 0.2) is 34.9 Å². The van der Waals surface area contributed by atoms with Gasteiger partial charge in [0.05, 0.1) is 5.56 Å². The van der Waals surface area contributed by atoms with Crippen molar-refractivity contribution in [2.75, 3.05) is 18.8 Å². The van der Waals surface area contributed by atoms with Gasteiger partial charge in [0, 0.05) is 18.6 Å². The second-order valence-corrected chi connectivity index (χ2v) is 6.50. The Kier molecular flexibility index (Phi) is 5.31. The fourth-order valence-electron chi connectivity index (χ4n) is 2.42. The molecule has 134 valence electrons. The van der Waals surface area contributed by atoms with Crippen LogP contribution in [0.5, 0.6) is 0 Å². The molecule has 2 rings (SSSR count). The number of carbonyl (C=O) groups excluding carboxylic acids is 1. The Hall–Kier alpha value is -3.03. The van der Waals surface area contributed by atoms with Crippen LogP contribution in [0, 0.1) is 0 Å². The van der Waals surface area contributed by atoms with Crippen molar-refractivity contribution < 1.29 is 19.2 Å². The van der Waals surface area contributed by atoms with Gasteiger partial charge in [-0.05, 0) is 26.3 Å².